The minimum absolute atomic E-state index is 0.0814. The monoisotopic (exact) mass is 590 g/mol. The predicted octanol–water partition coefficient (Wildman–Crippen LogP) is 4.17. The molecule has 0 heterocycles. The first kappa shape index (κ1) is 16.1. The van der Waals surface area contributed by atoms with Gasteiger partial charge in [0.1, 0.15) is 0 Å². The quantitative estimate of drug-likeness (QED) is 0.391. The average molecular weight is 590 g/mol. The summed E-state index contributed by atoms with van der Waals surface area (Å²) in [5.74, 6) is 0. The summed E-state index contributed by atoms with van der Waals surface area (Å²) in [7, 11) is -3.66. The molecule has 0 aliphatic carbocycles. The smallest absolute Gasteiger partial charge is 0.261 e. The Hall–Kier alpha value is 1.06. The Morgan fingerprint density at radius 1 is 1.29 bits per heavy atom. The minimum atomic E-state index is -3.66. The maximum Gasteiger partial charge on any atom is 0.297 e. The van der Waals surface area contributed by atoms with Crippen LogP contribution in [-0.2, 0) is 14.3 Å². The van der Waals surface area contributed by atoms with Gasteiger partial charge in [0, 0.05) is 3.58 Å². The van der Waals surface area contributed by atoms with Gasteiger partial charge < -0.3 is 0 Å². The maximum atomic E-state index is 11.9. The summed E-state index contributed by atoms with van der Waals surface area (Å²) >= 11 is 6.32. The van der Waals surface area contributed by atoms with Crippen LogP contribution in [0.4, 0.5) is 0 Å². The Morgan fingerprint density at radius 2 is 1.94 bits per heavy atom. The van der Waals surface area contributed by atoms with Crippen molar-refractivity contribution in [2.45, 2.75) is 11.8 Å². The first-order valence-electron chi connectivity index (χ1n) is 4.48. The largest absolute Gasteiger partial charge is 0.297 e. The summed E-state index contributed by atoms with van der Waals surface area (Å²) in [6.45, 7) is 1.93. The van der Waals surface area contributed by atoms with E-state index in [1.54, 1.807) is 12.1 Å². The zero-order valence-corrected chi connectivity index (χ0v) is 16.1. The Bertz CT molecular complexity index is 533. The van der Waals surface area contributed by atoms with Gasteiger partial charge in [-0.05, 0) is 92.4 Å². The molecular formula is C10H9I3O3S. The van der Waals surface area contributed by atoms with Crippen LogP contribution in [0, 0.1) is 6.92 Å². The molecule has 0 aliphatic rings. The molecule has 7 heteroatoms. The molecule has 0 aromatic heterocycles. The van der Waals surface area contributed by atoms with Gasteiger partial charge in [-0.15, -0.1) is 0 Å². The number of aryl methyl sites for hydroxylation is 1. The molecule has 0 bridgehead atoms. The second-order valence-corrected chi connectivity index (χ2v) is 10.3. The van der Waals surface area contributed by atoms with Crippen molar-refractivity contribution in [1.82, 2.24) is 0 Å². The molecule has 0 spiro atoms. The molecule has 0 fully saturated rings. The molecule has 94 valence electrons. The summed E-state index contributed by atoms with van der Waals surface area (Å²) in [5.41, 5.74) is 0.892. The van der Waals surface area contributed by atoms with Crippen LogP contribution in [0.5, 0.6) is 0 Å². The second kappa shape index (κ2) is 7.01. The minimum Gasteiger partial charge on any atom is -0.261 e. The first-order valence-corrected chi connectivity index (χ1v) is 9.13. The molecule has 3 nitrogen and oxygen atoms in total. The van der Waals surface area contributed by atoms with Gasteiger partial charge in [0.05, 0.1) is 13.1 Å². The maximum absolute atomic E-state index is 11.9. The van der Waals surface area contributed by atoms with Crippen molar-refractivity contribution in [1.29, 1.82) is 0 Å². The van der Waals surface area contributed by atoms with Crippen molar-refractivity contribution < 1.29 is 12.6 Å². The topological polar surface area (TPSA) is 43.4 Å². The van der Waals surface area contributed by atoms with Crippen LogP contribution in [0.1, 0.15) is 5.56 Å². The summed E-state index contributed by atoms with van der Waals surface area (Å²) in [5, 5.41) is 0. The van der Waals surface area contributed by atoms with Crippen molar-refractivity contribution in [3.63, 3.8) is 0 Å². The molecule has 1 rings (SSSR count). The van der Waals surface area contributed by atoms with Crippen LogP contribution >= 0.6 is 67.8 Å². The highest BCUT2D eigenvalue weighted by Gasteiger charge is 2.15. The lowest BCUT2D eigenvalue weighted by Gasteiger charge is -2.06. The molecule has 0 unspecified atom stereocenters. The van der Waals surface area contributed by atoms with E-state index in [1.165, 1.54) is 6.07 Å². The molecule has 17 heavy (non-hydrogen) atoms. The van der Waals surface area contributed by atoms with Crippen LogP contribution in [-0.4, -0.2) is 15.0 Å². The highest BCUT2D eigenvalue weighted by atomic mass is 127. The van der Waals surface area contributed by atoms with E-state index in [4.69, 9.17) is 4.18 Å². The normalized spacial score (nSPS) is 11.3. The number of halogens is 3. The molecule has 1 aromatic rings. The van der Waals surface area contributed by atoms with Gasteiger partial charge in [-0.2, -0.15) is 8.42 Å². The summed E-state index contributed by atoms with van der Waals surface area (Å²) in [6, 6.07) is 6.68. The lowest BCUT2D eigenvalue weighted by atomic mass is 10.2. The molecule has 0 saturated carbocycles. The van der Waals surface area contributed by atoms with Crippen LogP contribution in [0.3, 0.4) is 0 Å². The van der Waals surface area contributed by atoms with Gasteiger partial charge in [-0.1, -0.05) is 12.1 Å². The molecule has 0 saturated heterocycles. The molecule has 0 amide bonds. The van der Waals surface area contributed by atoms with Crippen LogP contribution in [0.15, 0.2) is 34.3 Å². The van der Waals surface area contributed by atoms with E-state index in [1.807, 2.05) is 13.0 Å². The number of benzene rings is 1. The van der Waals surface area contributed by atoms with E-state index in [0.717, 1.165) is 10.7 Å². The van der Waals surface area contributed by atoms with E-state index in [2.05, 4.69) is 67.8 Å². The fourth-order valence-corrected chi connectivity index (χ4v) is 2.69. The predicted molar refractivity (Wildman–Crippen MR) is 93.4 cm³/mol. The van der Waals surface area contributed by atoms with E-state index >= 15 is 0 Å². The van der Waals surface area contributed by atoms with Gasteiger partial charge in [0.2, 0.25) is 0 Å². The number of hydrogen-bond acceptors (Lipinski definition) is 3. The number of hydrogen-bond donors (Lipinski definition) is 0. The third-order valence-corrected chi connectivity index (χ3v) is 7.30. The lowest BCUT2D eigenvalue weighted by Crippen LogP contribution is -2.07. The van der Waals surface area contributed by atoms with Gasteiger partial charge in [-0.3, -0.25) is 4.18 Å². The third kappa shape index (κ3) is 5.28. The Balaban J connectivity index is 2.87. The third-order valence-electron chi connectivity index (χ3n) is 1.82. The van der Waals surface area contributed by atoms with E-state index in [9.17, 15) is 8.42 Å². The van der Waals surface area contributed by atoms with Crippen molar-refractivity contribution in [3.05, 3.63) is 35.0 Å². The highest BCUT2D eigenvalue weighted by Crippen LogP contribution is 2.26. The summed E-state index contributed by atoms with van der Waals surface area (Å²) < 4.78 is 30.6. The van der Waals surface area contributed by atoms with Crippen LogP contribution in [0.25, 0.3) is 0 Å². The van der Waals surface area contributed by atoms with Crippen molar-refractivity contribution in [2.24, 2.45) is 0 Å². The fraction of sp³-hybridized carbons (Fsp3) is 0.200. The zero-order valence-electron chi connectivity index (χ0n) is 8.78. The zero-order chi connectivity index (χ0) is 13.1. The number of rotatable bonds is 4. The van der Waals surface area contributed by atoms with Crippen molar-refractivity contribution in [2.75, 3.05) is 6.61 Å². The summed E-state index contributed by atoms with van der Waals surface area (Å²) in [4.78, 5) is 0.199. The Labute approximate surface area is 142 Å². The average Bonchev–Trinajstić information content (AvgIpc) is 2.26. The first-order chi connectivity index (χ1) is 7.83. The molecule has 0 atom stereocenters. The molecule has 1 aromatic carbocycles. The molecular weight excluding hydrogens is 581 g/mol. The lowest BCUT2D eigenvalue weighted by molar-refractivity contribution is 0.356. The van der Waals surface area contributed by atoms with Gasteiger partial charge in [0.25, 0.3) is 10.1 Å². The van der Waals surface area contributed by atoms with Gasteiger partial charge >= 0.3 is 0 Å². The summed E-state index contributed by atoms with van der Waals surface area (Å²) in [6.07, 6.45) is 0. The second-order valence-electron chi connectivity index (χ2n) is 3.20. The van der Waals surface area contributed by atoms with E-state index in [0.29, 0.717) is 0 Å². The fourth-order valence-electron chi connectivity index (χ4n) is 1.02. The standard InChI is InChI=1S/C10H9I3O3S/c1-7-3-2-4-8(5-7)17(14,15)16-6-9(11)10(12)13/h2-5H,6H2,1H3. The van der Waals surface area contributed by atoms with Crippen LogP contribution < -0.4 is 0 Å². The van der Waals surface area contributed by atoms with Gasteiger partial charge in [-0.25, -0.2) is 0 Å². The van der Waals surface area contributed by atoms with Crippen molar-refractivity contribution >= 4 is 77.9 Å². The Kier molecular flexibility index (Phi) is 6.64. The van der Waals surface area contributed by atoms with Gasteiger partial charge in [0.15, 0.2) is 0 Å². The molecule has 0 radical (unpaired) electrons. The molecule has 0 aliphatic heterocycles. The van der Waals surface area contributed by atoms with E-state index in [-0.39, 0.29) is 11.5 Å². The van der Waals surface area contributed by atoms with E-state index < -0.39 is 10.1 Å². The Morgan fingerprint density at radius 3 is 2.47 bits per heavy atom. The van der Waals surface area contributed by atoms with Crippen LogP contribution in [0.2, 0.25) is 0 Å². The SMILES string of the molecule is Cc1cccc(S(=O)(=O)OCC(I)=C(I)I)c1. The molecule has 0 N–H and O–H groups in total. The van der Waals surface area contributed by atoms with Crippen molar-refractivity contribution in [3.8, 4) is 0 Å². The highest BCUT2D eigenvalue weighted by molar-refractivity contribution is 14.2.